The van der Waals surface area contributed by atoms with Crippen LogP contribution in [0.3, 0.4) is 0 Å². The molecule has 0 saturated heterocycles. The molecular formula is C24H34N3O2+. The molecule has 2 amide bonds. The van der Waals surface area contributed by atoms with Gasteiger partial charge in [0.25, 0.3) is 11.8 Å². The molecule has 0 radical (unpaired) electrons. The Balaban J connectivity index is 1.98. The van der Waals surface area contributed by atoms with Crippen molar-refractivity contribution in [2.24, 2.45) is 5.92 Å². The van der Waals surface area contributed by atoms with Crippen molar-refractivity contribution in [3.05, 3.63) is 65.2 Å². The Labute approximate surface area is 174 Å². The van der Waals surface area contributed by atoms with Gasteiger partial charge in [-0.1, -0.05) is 58.9 Å². The van der Waals surface area contributed by atoms with Crippen molar-refractivity contribution in [3.63, 3.8) is 0 Å². The van der Waals surface area contributed by atoms with E-state index in [4.69, 9.17) is 0 Å². The maximum absolute atomic E-state index is 12.4. The number of carbonyl (C=O) groups excluding carboxylic acids is 2. The lowest BCUT2D eigenvalue weighted by Gasteiger charge is -2.22. The third-order valence-corrected chi connectivity index (χ3v) is 5.09. The molecule has 0 aromatic heterocycles. The van der Waals surface area contributed by atoms with Crippen LogP contribution >= 0.6 is 0 Å². The first-order valence-electron chi connectivity index (χ1n) is 10.2. The fourth-order valence-electron chi connectivity index (χ4n) is 3.29. The van der Waals surface area contributed by atoms with Crippen LogP contribution in [0.1, 0.15) is 62.1 Å². The second-order valence-electron chi connectivity index (χ2n) is 8.79. The van der Waals surface area contributed by atoms with Crippen molar-refractivity contribution < 1.29 is 14.9 Å². The molecule has 0 heterocycles. The van der Waals surface area contributed by atoms with E-state index < -0.39 is 0 Å². The summed E-state index contributed by atoms with van der Waals surface area (Å²) in [5, 5.41) is 7.57. The van der Waals surface area contributed by atoms with E-state index in [1.807, 2.05) is 0 Å². The van der Waals surface area contributed by atoms with Gasteiger partial charge in [-0.3, -0.25) is 9.59 Å². The Morgan fingerprint density at radius 1 is 0.966 bits per heavy atom. The molecule has 5 heteroatoms. The summed E-state index contributed by atoms with van der Waals surface area (Å²) in [6, 6.07) is 15.8. The monoisotopic (exact) mass is 396 g/mol. The van der Waals surface area contributed by atoms with Crippen LogP contribution < -0.4 is 16.0 Å². The minimum absolute atomic E-state index is 0.0605. The first-order valence-corrected chi connectivity index (χ1v) is 10.2. The summed E-state index contributed by atoms with van der Waals surface area (Å²) < 4.78 is 0. The molecule has 0 fully saturated rings. The molecule has 5 nitrogen and oxygen atoms in total. The second-order valence-corrected chi connectivity index (χ2v) is 8.79. The summed E-state index contributed by atoms with van der Waals surface area (Å²) in [4.78, 5) is 24.0. The summed E-state index contributed by atoms with van der Waals surface area (Å²) in [6.07, 6.45) is 0. The number of carbonyl (C=O) groups is 2. The second kappa shape index (κ2) is 9.70. The van der Waals surface area contributed by atoms with E-state index in [1.54, 1.807) is 31.3 Å². The number of quaternary nitrogens is 1. The van der Waals surface area contributed by atoms with Gasteiger partial charge in [0.2, 0.25) is 0 Å². The van der Waals surface area contributed by atoms with Gasteiger partial charge in [0.05, 0.1) is 0 Å². The van der Waals surface area contributed by atoms with Crippen LogP contribution in [0.2, 0.25) is 0 Å². The lowest BCUT2D eigenvalue weighted by atomic mass is 9.85. The predicted molar refractivity (Wildman–Crippen MR) is 118 cm³/mol. The molecule has 0 bridgehead atoms. The lowest BCUT2D eigenvalue weighted by molar-refractivity contribution is -0.692. The van der Waals surface area contributed by atoms with E-state index in [1.165, 1.54) is 11.1 Å². The van der Waals surface area contributed by atoms with Gasteiger partial charge in [-0.05, 0) is 35.2 Å². The molecule has 4 N–H and O–H groups in total. The molecule has 2 aromatic rings. The SMILES string of the molecule is CNC(=O)c1ccc(NC(=O)C[NH2+][C@@H](c2ccc(C(C)(C)C)cc2)C(C)C)cc1. The van der Waals surface area contributed by atoms with E-state index in [0.717, 1.165) is 0 Å². The van der Waals surface area contributed by atoms with E-state index >= 15 is 0 Å². The number of nitrogens with one attached hydrogen (secondary N) is 2. The highest BCUT2D eigenvalue weighted by molar-refractivity contribution is 5.95. The maximum Gasteiger partial charge on any atom is 0.279 e. The predicted octanol–water partition coefficient (Wildman–Crippen LogP) is 3.24. The first-order chi connectivity index (χ1) is 13.6. The Morgan fingerprint density at radius 2 is 1.55 bits per heavy atom. The van der Waals surface area contributed by atoms with Crippen molar-refractivity contribution >= 4 is 17.5 Å². The molecule has 0 aliphatic rings. The molecule has 0 spiro atoms. The molecule has 0 aliphatic carbocycles. The summed E-state index contributed by atoms with van der Waals surface area (Å²) in [5.74, 6) is 0.193. The van der Waals surface area contributed by atoms with E-state index in [9.17, 15) is 9.59 Å². The van der Waals surface area contributed by atoms with Gasteiger partial charge >= 0.3 is 0 Å². The van der Waals surface area contributed by atoms with Crippen LogP contribution in [0, 0.1) is 5.92 Å². The van der Waals surface area contributed by atoms with Crippen LogP contribution in [-0.4, -0.2) is 25.4 Å². The zero-order valence-corrected chi connectivity index (χ0v) is 18.4. The highest BCUT2D eigenvalue weighted by Crippen LogP contribution is 2.25. The smallest absolute Gasteiger partial charge is 0.279 e. The molecule has 0 unspecified atom stereocenters. The zero-order valence-electron chi connectivity index (χ0n) is 18.4. The van der Waals surface area contributed by atoms with Gasteiger partial charge < -0.3 is 16.0 Å². The molecule has 0 aliphatic heterocycles. The largest absolute Gasteiger partial charge is 0.355 e. The van der Waals surface area contributed by atoms with Crippen molar-refractivity contribution in [2.45, 2.75) is 46.1 Å². The van der Waals surface area contributed by atoms with Crippen LogP contribution in [0.15, 0.2) is 48.5 Å². The Bertz CT molecular complexity index is 819. The molecule has 2 aromatic carbocycles. The Kier molecular flexibility index (Phi) is 7.57. The van der Waals surface area contributed by atoms with E-state index in [0.29, 0.717) is 23.7 Å². The van der Waals surface area contributed by atoms with Crippen molar-refractivity contribution in [3.8, 4) is 0 Å². The average Bonchev–Trinajstić information content (AvgIpc) is 2.67. The normalized spacial score (nSPS) is 12.5. The van der Waals surface area contributed by atoms with Crippen molar-refractivity contribution in [2.75, 3.05) is 18.9 Å². The third kappa shape index (κ3) is 6.43. The topological polar surface area (TPSA) is 74.8 Å². The summed E-state index contributed by atoms with van der Waals surface area (Å²) in [7, 11) is 1.59. The molecule has 0 saturated carbocycles. The minimum atomic E-state index is -0.145. The minimum Gasteiger partial charge on any atom is -0.355 e. The Hall–Kier alpha value is -2.66. The fourth-order valence-corrected chi connectivity index (χ4v) is 3.29. The fraction of sp³-hybridized carbons (Fsp3) is 0.417. The highest BCUT2D eigenvalue weighted by Gasteiger charge is 2.22. The summed E-state index contributed by atoms with van der Waals surface area (Å²) in [6.45, 7) is 11.3. The van der Waals surface area contributed by atoms with Crippen LogP contribution in [0.25, 0.3) is 0 Å². The number of amides is 2. The Morgan fingerprint density at radius 3 is 2.03 bits per heavy atom. The van der Waals surface area contributed by atoms with E-state index in [-0.39, 0.29) is 23.3 Å². The maximum atomic E-state index is 12.4. The molecule has 156 valence electrons. The number of rotatable bonds is 7. The number of hydrogen-bond acceptors (Lipinski definition) is 2. The number of anilines is 1. The third-order valence-electron chi connectivity index (χ3n) is 5.09. The number of benzene rings is 2. The van der Waals surface area contributed by atoms with Gasteiger partial charge in [-0.2, -0.15) is 0 Å². The molecule has 2 rings (SSSR count). The first kappa shape index (κ1) is 22.6. The number of nitrogens with two attached hydrogens (primary N) is 1. The van der Waals surface area contributed by atoms with Gasteiger partial charge in [0, 0.05) is 29.8 Å². The van der Waals surface area contributed by atoms with Crippen molar-refractivity contribution in [1.82, 2.24) is 5.32 Å². The van der Waals surface area contributed by atoms with E-state index in [2.05, 4.69) is 74.8 Å². The van der Waals surface area contributed by atoms with Gasteiger partial charge in [-0.15, -0.1) is 0 Å². The van der Waals surface area contributed by atoms with Crippen molar-refractivity contribution in [1.29, 1.82) is 0 Å². The van der Waals surface area contributed by atoms with Gasteiger partial charge in [-0.25, -0.2) is 0 Å². The molecule has 1 atom stereocenters. The standard InChI is InChI=1S/C24H33N3O2/c1-16(2)22(17-7-11-19(12-8-17)24(3,4)5)26-15-21(28)27-20-13-9-18(10-14-20)23(29)25-6/h7-14,16,22,26H,15H2,1-6H3,(H,25,29)(H,27,28)/p+1/t22-/m1/s1. The van der Waals surface area contributed by atoms with Crippen LogP contribution in [-0.2, 0) is 10.2 Å². The van der Waals surface area contributed by atoms with Crippen LogP contribution in [0.4, 0.5) is 5.69 Å². The average molecular weight is 397 g/mol. The summed E-state index contributed by atoms with van der Waals surface area (Å²) >= 11 is 0. The highest BCUT2D eigenvalue weighted by atomic mass is 16.2. The zero-order chi connectivity index (χ0) is 21.6. The summed E-state index contributed by atoms with van der Waals surface area (Å²) in [5.41, 5.74) is 3.92. The molecular weight excluding hydrogens is 362 g/mol. The quantitative estimate of drug-likeness (QED) is 0.672. The van der Waals surface area contributed by atoms with Gasteiger partial charge in [0.1, 0.15) is 6.04 Å². The molecule has 29 heavy (non-hydrogen) atoms. The number of hydrogen-bond donors (Lipinski definition) is 3. The lowest BCUT2D eigenvalue weighted by Crippen LogP contribution is -2.88. The van der Waals surface area contributed by atoms with Crippen LogP contribution in [0.5, 0.6) is 0 Å². The van der Waals surface area contributed by atoms with Gasteiger partial charge in [0.15, 0.2) is 6.54 Å².